The van der Waals surface area contributed by atoms with E-state index in [9.17, 15) is 14.7 Å². The molecule has 7 rings (SSSR count). The van der Waals surface area contributed by atoms with Gasteiger partial charge in [0.05, 0.1) is 35.9 Å². The van der Waals surface area contributed by atoms with E-state index in [-0.39, 0.29) is 30.3 Å². The van der Waals surface area contributed by atoms with Gasteiger partial charge in [-0.25, -0.2) is 0 Å². The fourth-order valence-corrected chi connectivity index (χ4v) is 10.9. The fraction of sp³-hybridized carbons (Fsp3) is 0.421. The molecule has 3 aliphatic rings. The van der Waals surface area contributed by atoms with Gasteiger partial charge in [0.1, 0.15) is 0 Å². The van der Waals surface area contributed by atoms with Crippen molar-refractivity contribution in [2.24, 2.45) is 11.8 Å². The molecule has 4 heterocycles. The van der Waals surface area contributed by atoms with Crippen molar-refractivity contribution in [3.05, 3.63) is 102 Å². The average Bonchev–Trinajstić information content (AvgIpc) is 3.78. The monoisotopic (exact) mass is 696 g/mol. The predicted octanol–water partition coefficient (Wildman–Crippen LogP) is 5.88. The summed E-state index contributed by atoms with van der Waals surface area (Å²) in [5, 5.41) is 25.3. The maximum absolute atomic E-state index is 16.5. The van der Waals surface area contributed by atoms with Crippen LogP contribution in [0.15, 0.2) is 85.1 Å². The molecule has 0 radical (unpaired) electrons. The van der Waals surface area contributed by atoms with Gasteiger partial charge in [-0.05, 0) is 74.8 Å². The number of hydrogen-bond acceptors (Lipinski definition) is 7. The summed E-state index contributed by atoms with van der Waals surface area (Å²) in [7, 11) is -3.41. The standard InChI is InChI=1S/C38H45FN6O4Si/c1-25-35(50(2,3)39)34(18-20-44-23-32(42-43-44)30(24-46)26-11-6-4-7-12-26)49-38(25)31-21-28(41-36(47)27-13-10-19-40-22-27)16-17-33(31)45(37(38)48)29-14-8-5-9-15-29/h4-9,11-12,14-17,21,23,25,27,30,34-35,40,46H,10,13,18-20,22,24H2,1-3H3,(H,41,47)/t25-,27?,30?,34+,35-,38+/m1/s1. The Labute approximate surface area is 293 Å². The van der Waals surface area contributed by atoms with Gasteiger partial charge in [0.15, 0.2) is 5.60 Å². The number of hydrogen-bond donors (Lipinski definition) is 3. The lowest BCUT2D eigenvalue weighted by molar-refractivity contribution is -0.145. The Bertz CT molecular complexity index is 1830. The summed E-state index contributed by atoms with van der Waals surface area (Å²) in [5.41, 5.74) is 2.22. The number of aliphatic hydroxyl groups excluding tert-OH is 1. The number of ether oxygens (including phenoxy) is 1. The largest absolute Gasteiger partial charge is 0.395 e. The first-order valence-electron chi connectivity index (χ1n) is 17.6. The molecule has 3 N–H and O–H groups in total. The van der Waals surface area contributed by atoms with Crippen LogP contribution in [0.4, 0.5) is 21.2 Å². The Kier molecular flexibility index (Phi) is 9.46. The van der Waals surface area contributed by atoms with E-state index in [0.717, 1.165) is 24.9 Å². The number of aryl methyl sites for hydroxylation is 1. The lowest BCUT2D eigenvalue weighted by Crippen LogP contribution is -2.44. The smallest absolute Gasteiger partial charge is 0.268 e. The molecule has 2 amide bonds. The number of aliphatic hydroxyl groups is 1. The van der Waals surface area contributed by atoms with Crippen LogP contribution in [0.1, 0.15) is 48.9 Å². The Balaban J connectivity index is 1.21. The Morgan fingerprint density at radius 1 is 1.14 bits per heavy atom. The van der Waals surface area contributed by atoms with Crippen LogP contribution in [0.2, 0.25) is 18.6 Å². The molecular formula is C38H45FN6O4Si. The van der Waals surface area contributed by atoms with Gasteiger partial charge in [-0.1, -0.05) is 60.7 Å². The normalized spacial score (nSPS) is 25.5. The summed E-state index contributed by atoms with van der Waals surface area (Å²) in [6.07, 6.45) is 3.40. The quantitative estimate of drug-likeness (QED) is 0.140. The van der Waals surface area contributed by atoms with Gasteiger partial charge in [-0.2, -0.15) is 0 Å². The number of benzene rings is 3. The molecule has 4 aromatic rings. The molecule has 1 spiro atoms. The first kappa shape index (κ1) is 34.2. The van der Waals surface area contributed by atoms with E-state index in [1.54, 1.807) is 22.7 Å². The van der Waals surface area contributed by atoms with Crippen LogP contribution in [0, 0.1) is 11.8 Å². The van der Waals surface area contributed by atoms with Crippen molar-refractivity contribution in [1.82, 2.24) is 20.3 Å². The summed E-state index contributed by atoms with van der Waals surface area (Å²) in [4.78, 5) is 29.8. The van der Waals surface area contributed by atoms with E-state index in [2.05, 4.69) is 20.9 Å². The van der Waals surface area contributed by atoms with Crippen LogP contribution >= 0.6 is 0 Å². The van der Waals surface area contributed by atoms with E-state index < -0.39 is 31.6 Å². The molecule has 10 nitrogen and oxygen atoms in total. The third-order valence-corrected chi connectivity index (χ3v) is 13.2. The summed E-state index contributed by atoms with van der Waals surface area (Å²) < 4.78 is 25.2. The zero-order valence-corrected chi connectivity index (χ0v) is 29.8. The number of anilines is 3. The van der Waals surface area contributed by atoms with Gasteiger partial charge in [-0.3, -0.25) is 19.2 Å². The second-order valence-electron chi connectivity index (χ2n) is 14.4. The Morgan fingerprint density at radius 3 is 2.56 bits per heavy atom. The predicted molar refractivity (Wildman–Crippen MR) is 192 cm³/mol. The van der Waals surface area contributed by atoms with Crippen LogP contribution in [0.5, 0.6) is 0 Å². The minimum absolute atomic E-state index is 0.0632. The van der Waals surface area contributed by atoms with Gasteiger partial charge in [0.25, 0.3) is 5.91 Å². The third-order valence-electron chi connectivity index (χ3n) is 10.8. The van der Waals surface area contributed by atoms with Crippen molar-refractivity contribution in [3.8, 4) is 0 Å². The number of nitrogens with one attached hydrogen (secondary N) is 2. The number of halogens is 1. The number of carbonyl (C=O) groups excluding carboxylic acids is 2. The van der Waals surface area contributed by atoms with Crippen molar-refractivity contribution in [2.45, 2.75) is 69.0 Å². The lowest BCUT2D eigenvalue weighted by atomic mass is 9.82. The number of aromatic nitrogens is 3. The molecular weight excluding hydrogens is 652 g/mol. The van der Waals surface area contributed by atoms with Crippen molar-refractivity contribution in [2.75, 3.05) is 29.9 Å². The summed E-state index contributed by atoms with van der Waals surface area (Å²) in [6.45, 7) is 7.12. The first-order valence-corrected chi connectivity index (χ1v) is 20.6. The van der Waals surface area contributed by atoms with Gasteiger partial charge in [0, 0.05) is 47.7 Å². The molecule has 12 heteroatoms. The summed E-state index contributed by atoms with van der Waals surface area (Å²) in [5.74, 6) is -1.27. The van der Waals surface area contributed by atoms with E-state index in [1.807, 2.05) is 92.0 Å². The van der Waals surface area contributed by atoms with Gasteiger partial charge in [-0.15, -0.1) is 5.10 Å². The van der Waals surface area contributed by atoms with Crippen molar-refractivity contribution < 1.29 is 23.5 Å². The first-order chi connectivity index (χ1) is 24.1. The highest BCUT2D eigenvalue weighted by atomic mass is 28.4. The van der Waals surface area contributed by atoms with E-state index in [4.69, 9.17) is 4.74 Å². The second kappa shape index (κ2) is 13.8. The minimum Gasteiger partial charge on any atom is -0.395 e. The Hall–Kier alpha value is -4.23. The van der Waals surface area contributed by atoms with Gasteiger partial charge < -0.3 is 24.6 Å². The lowest BCUT2D eigenvalue weighted by Gasteiger charge is -2.31. The van der Waals surface area contributed by atoms with E-state index in [0.29, 0.717) is 47.8 Å². The molecule has 50 heavy (non-hydrogen) atoms. The van der Waals surface area contributed by atoms with Crippen molar-refractivity contribution in [3.63, 3.8) is 0 Å². The van der Waals surface area contributed by atoms with Crippen molar-refractivity contribution >= 4 is 37.3 Å². The number of para-hydroxylation sites is 1. The molecule has 6 atom stereocenters. The van der Waals surface area contributed by atoms with Crippen LogP contribution in [-0.4, -0.2) is 66.1 Å². The molecule has 3 aliphatic heterocycles. The van der Waals surface area contributed by atoms with Crippen LogP contribution in [0.3, 0.4) is 0 Å². The summed E-state index contributed by atoms with van der Waals surface area (Å²) >= 11 is 0. The van der Waals surface area contributed by atoms with Gasteiger partial charge >= 0.3 is 0 Å². The van der Waals surface area contributed by atoms with Crippen molar-refractivity contribution in [1.29, 1.82) is 0 Å². The molecule has 0 bridgehead atoms. The molecule has 3 aromatic carbocycles. The maximum atomic E-state index is 16.5. The molecule has 0 aliphatic carbocycles. The van der Waals surface area contributed by atoms with Crippen LogP contribution < -0.4 is 15.5 Å². The molecule has 2 saturated heterocycles. The SMILES string of the molecule is C[C@@H]1[C@@H]([Si](C)(C)F)[C@H](CCn2cc(C(CO)c3ccccc3)nn2)O[C@@]12C(=O)N(c1ccccc1)c1ccc(NC(=O)C3CCCNC3)cc12. The number of amides is 2. The highest BCUT2D eigenvalue weighted by Crippen LogP contribution is 2.61. The highest BCUT2D eigenvalue weighted by Gasteiger charge is 2.67. The zero-order valence-electron chi connectivity index (χ0n) is 28.8. The second-order valence-corrected chi connectivity index (χ2v) is 18.1. The number of carbonyl (C=O) groups is 2. The van der Waals surface area contributed by atoms with Gasteiger partial charge in [0.2, 0.25) is 14.3 Å². The third kappa shape index (κ3) is 6.18. The average molecular weight is 697 g/mol. The molecule has 262 valence electrons. The number of piperidine rings is 1. The zero-order chi connectivity index (χ0) is 35.0. The molecule has 1 aromatic heterocycles. The highest BCUT2D eigenvalue weighted by molar-refractivity contribution is 6.72. The number of fused-ring (bicyclic) bond motifs is 2. The Morgan fingerprint density at radius 2 is 1.88 bits per heavy atom. The molecule has 2 unspecified atom stereocenters. The molecule has 2 fully saturated rings. The summed E-state index contributed by atoms with van der Waals surface area (Å²) in [6, 6.07) is 24.6. The topological polar surface area (TPSA) is 122 Å². The number of nitrogens with zero attached hydrogens (tertiary/aromatic N) is 4. The molecule has 0 saturated carbocycles. The van der Waals surface area contributed by atoms with E-state index in [1.165, 1.54) is 0 Å². The maximum Gasteiger partial charge on any atom is 0.268 e. The van der Waals surface area contributed by atoms with Crippen LogP contribution in [0.25, 0.3) is 0 Å². The van der Waals surface area contributed by atoms with Crippen LogP contribution in [-0.2, 0) is 26.5 Å². The minimum atomic E-state index is -3.41. The van der Waals surface area contributed by atoms with E-state index >= 15 is 4.11 Å². The fourth-order valence-electron chi connectivity index (χ4n) is 8.37. The number of rotatable bonds is 10.